The standard InChI is InChI=1S/C20H20FN3O2/c1-2-3-4-14-5-8-16(9-6-14)23-19(25)12-24-13-22-18-10-7-15(21)11-17(18)20(24)26/h5-11,13H,2-4,12H2,1H3,(H,23,25). The molecule has 0 radical (unpaired) electrons. The van der Waals surface area contributed by atoms with Gasteiger partial charge in [-0.05, 0) is 48.7 Å². The number of aryl methyl sites for hydroxylation is 1. The summed E-state index contributed by atoms with van der Waals surface area (Å²) in [5, 5.41) is 2.91. The Bertz CT molecular complexity index is 981. The maximum atomic E-state index is 13.4. The Morgan fingerprint density at radius 3 is 2.69 bits per heavy atom. The van der Waals surface area contributed by atoms with Crippen molar-refractivity contribution < 1.29 is 9.18 Å². The van der Waals surface area contributed by atoms with Crippen LogP contribution in [-0.2, 0) is 17.8 Å². The van der Waals surface area contributed by atoms with Gasteiger partial charge in [0.05, 0.1) is 17.2 Å². The van der Waals surface area contributed by atoms with E-state index >= 15 is 0 Å². The van der Waals surface area contributed by atoms with Crippen molar-refractivity contribution in [1.29, 1.82) is 0 Å². The maximum Gasteiger partial charge on any atom is 0.261 e. The molecule has 134 valence electrons. The Balaban J connectivity index is 1.71. The second-order valence-corrected chi connectivity index (χ2v) is 6.19. The minimum absolute atomic E-state index is 0.153. The van der Waals surface area contributed by atoms with Crippen LogP contribution < -0.4 is 10.9 Å². The van der Waals surface area contributed by atoms with E-state index < -0.39 is 11.4 Å². The van der Waals surface area contributed by atoms with Gasteiger partial charge in [0.1, 0.15) is 12.4 Å². The number of nitrogens with one attached hydrogen (secondary N) is 1. The number of rotatable bonds is 6. The van der Waals surface area contributed by atoms with Gasteiger partial charge in [0.25, 0.3) is 5.56 Å². The summed E-state index contributed by atoms with van der Waals surface area (Å²) in [7, 11) is 0. The van der Waals surface area contributed by atoms with Gasteiger partial charge in [0.2, 0.25) is 5.91 Å². The van der Waals surface area contributed by atoms with E-state index in [2.05, 4.69) is 17.2 Å². The Morgan fingerprint density at radius 2 is 1.96 bits per heavy atom. The average molecular weight is 353 g/mol. The molecule has 0 bridgehead atoms. The highest BCUT2D eigenvalue weighted by molar-refractivity contribution is 5.90. The maximum absolute atomic E-state index is 13.4. The van der Waals surface area contributed by atoms with E-state index in [9.17, 15) is 14.0 Å². The third-order valence-electron chi connectivity index (χ3n) is 4.16. The molecule has 0 spiro atoms. The number of nitrogens with zero attached hydrogens (tertiary/aromatic N) is 2. The highest BCUT2D eigenvalue weighted by atomic mass is 19.1. The monoisotopic (exact) mass is 353 g/mol. The van der Waals surface area contributed by atoms with Crippen LogP contribution in [0, 0.1) is 5.82 Å². The lowest BCUT2D eigenvalue weighted by Crippen LogP contribution is -2.28. The van der Waals surface area contributed by atoms with Crippen molar-refractivity contribution in [3.05, 3.63) is 70.5 Å². The molecule has 3 rings (SSSR count). The lowest BCUT2D eigenvalue weighted by atomic mass is 10.1. The zero-order valence-corrected chi connectivity index (χ0v) is 14.5. The minimum atomic E-state index is -0.512. The molecule has 2 aromatic carbocycles. The number of hydrogen-bond donors (Lipinski definition) is 1. The molecule has 0 aliphatic heterocycles. The van der Waals surface area contributed by atoms with Crippen molar-refractivity contribution in [2.75, 3.05) is 5.32 Å². The second kappa shape index (κ2) is 7.91. The number of halogens is 1. The largest absolute Gasteiger partial charge is 0.325 e. The van der Waals surface area contributed by atoms with Gasteiger partial charge in [0, 0.05) is 5.69 Å². The van der Waals surface area contributed by atoms with Gasteiger partial charge in [-0.15, -0.1) is 0 Å². The first-order valence-electron chi connectivity index (χ1n) is 8.60. The predicted octanol–water partition coefficient (Wildman–Crippen LogP) is 3.52. The number of hydrogen-bond acceptors (Lipinski definition) is 3. The molecule has 1 N–H and O–H groups in total. The quantitative estimate of drug-likeness (QED) is 0.737. The van der Waals surface area contributed by atoms with E-state index in [1.54, 1.807) is 0 Å². The number of carbonyl (C=O) groups excluding carboxylic acids is 1. The van der Waals surface area contributed by atoms with Crippen molar-refractivity contribution in [1.82, 2.24) is 9.55 Å². The number of carbonyl (C=O) groups is 1. The highest BCUT2D eigenvalue weighted by Gasteiger charge is 2.09. The van der Waals surface area contributed by atoms with Crippen LogP contribution in [0.4, 0.5) is 10.1 Å². The Labute approximate surface area is 150 Å². The molecule has 0 saturated carbocycles. The molecule has 5 nitrogen and oxygen atoms in total. The molecule has 0 aliphatic rings. The van der Waals surface area contributed by atoms with Crippen LogP contribution in [-0.4, -0.2) is 15.5 Å². The molecule has 0 aliphatic carbocycles. The number of unbranched alkanes of at least 4 members (excludes halogenated alkanes) is 1. The summed E-state index contributed by atoms with van der Waals surface area (Å²) in [5.74, 6) is -0.854. The first kappa shape index (κ1) is 17.8. The lowest BCUT2D eigenvalue weighted by molar-refractivity contribution is -0.116. The van der Waals surface area contributed by atoms with Crippen molar-refractivity contribution >= 4 is 22.5 Å². The van der Waals surface area contributed by atoms with E-state index in [1.165, 1.54) is 28.6 Å². The summed E-state index contributed by atoms with van der Waals surface area (Å²) < 4.78 is 14.5. The molecule has 1 amide bonds. The van der Waals surface area contributed by atoms with Crippen LogP contribution in [0.15, 0.2) is 53.6 Å². The van der Waals surface area contributed by atoms with Gasteiger partial charge >= 0.3 is 0 Å². The average Bonchev–Trinajstić information content (AvgIpc) is 2.64. The first-order chi connectivity index (χ1) is 12.6. The fourth-order valence-corrected chi connectivity index (χ4v) is 2.73. The lowest BCUT2D eigenvalue weighted by Gasteiger charge is -2.09. The van der Waals surface area contributed by atoms with E-state index in [0.29, 0.717) is 11.2 Å². The van der Waals surface area contributed by atoms with Crippen LogP contribution in [0.3, 0.4) is 0 Å². The molecular weight excluding hydrogens is 333 g/mol. The second-order valence-electron chi connectivity index (χ2n) is 6.19. The summed E-state index contributed by atoms with van der Waals surface area (Å²) in [6.45, 7) is 1.96. The molecule has 0 saturated heterocycles. The summed E-state index contributed by atoms with van der Waals surface area (Å²) >= 11 is 0. The smallest absolute Gasteiger partial charge is 0.261 e. The Hall–Kier alpha value is -3.02. The molecular formula is C20H20FN3O2. The normalized spacial score (nSPS) is 10.8. The van der Waals surface area contributed by atoms with Crippen molar-refractivity contribution in [3.63, 3.8) is 0 Å². The summed E-state index contributed by atoms with van der Waals surface area (Å²) in [5.41, 5.74) is 1.85. The number of amides is 1. The molecule has 26 heavy (non-hydrogen) atoms. The first-order valence-corrected chi connectivity index (χ1v) is 8.60. The third-order valence-corrected chi connectivity index (χ3v) is 4.16. The minimum Gasteiger partial charge on any atom is -0.325 e. The van der Waals surface area contributed by atoms with E-state index in [-0.39, 0.29) is 17.8 Å². The van der Waals surface area contributed by atoms with Gasteiger partial charge < -0.3 is 5.32 Å². The summed E-state index contributed by atoms with van der Waals surface area (Å²) in [4.78, 5) is 28.7. The van der Waals surface area contributed by atoms with Crippen molar-refractivity contribution in [2.45, 2.75) is 32.7 Å². The van der Waals surface area contributed by atoms with Gasteiger partial charge in [-0.3, -0.25) is 14.2 Å². The van der Waals surface area contributed by atoms with E-state index in [0.717, 1.165) is 25.3 Å². The molecule has 1 aromatic heterocycles. The van der Waals surface area contributed by atoms with Gasteiger partial charge in [-0.2, -0.15) is 0 Å². The molecule has 0 atom stereocenters. The molecule has 0 unspecified atom stereocenters. The SMILES string of the molecule is CCCCc1ccc(NC(=O)Cn2cnc3ccc(F)cc3c2=O)cc1. The van der Waals surface area contributed by atoms with Crippen molar-refractivity contribution in [3.8, 4) is 0 Å². The predicted molar refractivity (Wildman–Crippen MR) is 99.6 cm³/mol. The zero-order chi connectivity index (χ0) is 18.5. The molecule has 3 aromatic rings. The van der Waals surface area contributed by atoms with E-state index in [4.69, 9.17) is 0 Å². The zero-order valence-electron chi connectivity index (χ0n) is 14.5. The number of fused-ring (bicyclic) bond motifs is 1. The van der Waals surface area contributed by atoms with Gasteiger partial charge in [-0.1, -0.05) is 25.5 Å². The van der Waals surface area contributed by atoms with E-state index in [1.807, 2.05) is 24.3 Å². The van der Waals surface area contributed by atoms with Crippen LogP contribution in [0.5, 0.6) is 0 Å². The fourth-order valence-electron chi connectivity index (χ4n) is 2.73. The highest BCUT2D eigenvalue weighted by Crippen LogP contribution is 2.12. The Kier molecular flexibility index (Phi) is 5.41. The summed E-state index contributed by atoms with van der Waals surface area (Å²) in [6, 6.07) is 11.5. The molecule has 6 heteroatoms. The Morgan fingerprint density at radius 1 is 1.19 bits per heavy atom. The van der Waals surface area contributed by atoms with Gasteiger partial charge in [-0.25, -0.2) is 9.37 Å². The van der Waals surface area contributed by atoms with Crippen LogP contribution in [0.2, 0.25) is 0 Å². The number of benzene rings is 2. The molecule has 1 heterocycles. The van der Waals surface area contributed by atoms with Crippen molar-refractivity contribution in [2.24, 2.45) is 0 Å². The number of aromatic nitrogens is 2. The van der Waals surface area contributed by atoms with Crippen LogP contribution in [0.1, 0.15) is 25.3 Å². The van der Waals surface area contributed by atoms with Gasteiger partial charge in [0.15, 0.2) is 0 Å². The fraction of sp³-hybridized carbons (Fsp3) is 0.250. The summed E-state index contributed by atoms with van der Waals surface area (Å²) in [6.07, 6.45) is 4.58. The topological polar surface area (TPSA) is 64.0 Å². The molecule has 0 fully saturated rings. The number of anilines is 1. The van der Waals surface area contributed by atoms with Crippen LogP contribution in [0.25, 0.3) is 10.9 Å². The van der Waals surface area contributed by atoms with Crippen LogP contribution >= 0.6 is 0 Å². The third kappa shape index (κ3) is 4.14.